The van der Waals surface area contributed by atoms with Crippen LogP contribution in [0.4, 0.5) is 0 Å². The Morgan fingerprint density at radius 3 is 2.19 bits per heavy atom. The molecular formula is C26H32N4O2. The number of hydrogen-bond acceptors (Lipinski definition) is 5. The maximum atomic E-state index is 13.0. The molecule has 0 aliphatic carbocycles. The number of hydrogen-bond donors (Lipinski definition) is 2. The third-order valence-corrected chi connectivity index (χ3v) is 5.16. The minimum absolute atomic E-state index is 0.0419. The standard InChI is InChI=1S/C26H32N4O2/c1-2-3-18-32-24-10-8-23(9-11-24)25(29-16-12-21-6-4-14-27-19-21)26(31)30-17-13-22-7-5-15-28-20-22/h4-11,14-15,19-20,25,29H,2-3,12-13,16-18H2,1H3,(H,30,31). The molecule has 1 amide bonds. The predicted molar refractivity (Wildman–Crippen MR) is 126 cm³/mol. The number of aromatic nitrogens is 2. The molecule has 1 aromatic carbocycles. The summed E-state index contributed by atoms with van der Waals surface area (Å²) in [4.78, 5) is 21.3. The van der Waals surface area contributed by atoms with Crippen LogP contribution in [0.2, 0.25) is 0 Å². The Hall–Kier alpha value is -3.25. The summed E-state index contributed by atoms with van der Waals surface area (Å²) < 4.78 is 5.76. The number of nitrogens with one attached hydrogen (secondary N) is 2. The van der Waals surface area contributed by atoms with E-state index < -0.39 is 6.04 Å². The summed E-state index contributed by atoms with van der Waals surface area (Å²) >= 11 is 0. The van der Waals surface area contributed by atoms with Gasteiger partial charge in [-0.3, -0.25) is 14.8 Å². The average molecular weight is 433 g/mol. The number of rotatable bonds is 13. The summed E-state index contributed by atoms with van der Waals surface area (Å²) in [6.07, 6.45) is 10.9. The van der Waals surface area contributed by atoms with Gasteiger partial charge < -0.3 is 15.4 Å². The van der Waals surface area contributed by atoms with Gasteiger partial charge in [0, 0.05) is 37.9 Å². The molecule has 0 saturated carbocycles. The van der Waals surface area contributed by atoms with Gasteiger partial charge in [0.2, 0.25) is 5.91 Å². The Morgan fingerprint density at radius 1 is 0.938 bits per heavy atom. The van der Waals surface area contributed by atoms with Crippen molar-refractivity contribution in [3.63, 3.8) is 0 Å². The second kappa shape index (κ2) is 13.2. The summed E-state index contributed by atoms with van der Waals surface area (Å²) in [7, 11) is 0. The molecule has 3 rings (SSSR count). The summed E-state index contributed by atoms with van der Waals surface area (Å²) in [6.45, 7) is 4.07. The number of ether oxygens (including phenoxy) is 1. The zero-order valence-electron chi connectivity index (χ0n) is 18.7. The van der Waals surface area contributed by atoms with E-state index in [1.165, 1.54) is 0 Å². The van der Waals surface area contributed by atoms with Crippen LogP contribution in [0.25, 0.3) is 0 Å². The Morgan fingerprint density at radius 2 is 1.59 bits per heavy atom. The molecule has 0 radical (unpaired) electrons. The van der Waals surface area contributed by atoms with Crippen molar-refractivity contribution in [2.45, 2.75) is 38.6 Å². The predicted octanol–water partition coefficient (Wildman–Crippen LogP) is 3.89. The van der Waals surface area contributed by atoms with Crippen molar-refractivity contribution in [2.75, 3.05) is 19.7 Å². The van der Waals surface area contributed by atoms with Gasteiger partial charge in [0.25, 0.3) is 0 Å². The van der Waals surface area contributed by atoms with Crippen molar-refractivity contribution in [1.29, 1.82) is 0 Å². The van der Waals surface area contributed by atoms with Gasteiger partial charge in [-0.2, -0.15) is 0 Å². The van der Waals surface area contributed by atoms with E-state index in [1.54, 1.807) is 12.4 Å². The minimum atomic E-state index is -0.440. The number of pyridine rings is 2. The normalized spacial score (nSPS) is 11.7. The molecule has 0 spiro atoms. The topological polar surface area (TPSA) is 76.1 Å². The molecule has 0 fully saturated rings. The van der Waals surface area contributed by atoms with E-state index in [4.69, 9.17) is 4.74 Å². The van der Waals surface area contributed by atoms with Crippen LogP contribution in [0.1, 0.15) is 42.5 Å². The maximum absolute atomic E-state index is 13.0. The fourth-order valence-corrected chi connectivity index (χ4v) is 3.34. The van der Waals surface area contributed by atoms with Gasteiger partial charge in [0.05, 0.1) is 6.61 Å². The maximum Gasteiger partial charge on any atom is 0.241 e. The summed E-state index contributed by atoms with van der Waals surface area (Å²) in [5, 5.41) is 6.47. The van der Waals surface area contributed by atoms with Gasteiger partial charge in [-0.25, -0.2) is 0 Å². The highest BCUT2D eigenvalue weighted by atomic mass is 16.5. The first-order valence-electron chi connectivity index (χ1n) is 11.3. The van der Waals surface area contributed by atoms with Crippen molar-refractivity contribution in [2.24, 2.45) is 0 Å². The van der Waals surface area contributed by atoms with Gasteiger partial charge >= 0.3 is 0 Å². The second-order valence-electron chi connectivity index (χ2n) is 7.67. The lowest BCUT2D eigenvalue weighted by Crippen LogP contribution is -2.39. The molecule has 0 aliphatic heterocycles. The first kappa shape index (κ1) is 23.4. The van der Waals surface area contributed by atoms with Gasteiger partial charge in [-0.1, -0.05) is 37.6 Å². The van der Waals surface area contributed by atoms with E-state index in [1.807, 2.05) is 60.9 Å². The molecule has 0 aliphatic rings. The number of carbonyl (C=O) groups is 1. The number of carbonyl (C=O) groups excluding carboxylic acids is 1. The molecule has 1 atom stereocenters. The van der Waals surface area contributed by atoms with Gasteiger partial charge in [0.15, 0.2) is 0 Å². The molecule has 6 nitrogen and oxygen atoms in total. The number of nitrogens with zero attached hydrogens (tertiary/aromatic N) is 2. The zero-order valence-corrected chi connectivity index (χ0v) is 18.7. The van der Waals surface area contributed by atoms with Crippen molar-refractivity contribution < 1.29 is 9.53 Å². The first-order valence-corrected chi connectivity index (χ1v) is 11.3. The van der Waals surface area contributed by atoms with E-state index >= 15 is 0 Å². The summed E-state index contributed by atoms with van der Waals surface area (Å²) in [5.41, 5.74) is 3.15. The van der Waals surface area contributed by atoms with Crippen LogP contribution in [0.3, 0.4) is 0 Å². The van der Waals surface area contributed by atoms with E-state index in [-0.39, 0.29) is 5.91 Å². The smallest absolute Gasteiger partial charge is 0.241 e. The lowest BCUT2D eigenvalue weighted by atomic mass is 10.0. The van der Waals surface area contributed by atoms with Gasteiger partial charge in [0.1, 0.15) is 11.8 Å². The molecular weight excluding hydrogens is 400 g/mol. The first-order chi connectivity index (χ1) is 15.8. The molecule has 2 aromatic heterocycles. The lowest BCUT2D eigenvalue weighted by Gasteiger charge is -2.19. The monoisotopic (exact) mass is 432 g/mol. The molecule has 2 heterocycles. The van der Waals surface area contributed by atoms with Crippen LogP contribution in [0, 0.1) is 0 Å². The van der Waals surface area contributed by atoms with Gasteiger partial charge in [-0.05, 0) is 60.2 Å². The highest BCUT2D eigenvalue weighted by Crippen LogP contribution is 2.19. The molecule has 168 valence electrons. The number of benzene rings is 1. The van der Waals surface area contributed by atoms with Crippen LogP contribution in [-0.4, -0.2) is 35.6 Å². The molecule has 32 heavy (non-hydrogen) atoms. The average Bonchev–Trinajstić information content (AvgIpc) is 2.84. The summed E-state index contributed by atoms with van der Waals surface area (Å²) in [5.74, 6) is 0.785. The quantitative estimate of drug-likeness (QED) is 0.401. The fourth-order valence-electron chi connectivity index (χ4n) is 3.34. The van der Waals surface area contributed by atoms with E-state index in [9.17, 15) is 4.79 Å². The van der Waals surface area contributed by atoms with Crippen molar-refractivity contribution in [3.05, 3.63) is 90.0 Å². The third-order valence-electron chi connectivity index (χ3n) is 5.16. The Labute approximate surface area is 190 Å². The highest BCUT2D eigenvalue weighted by Gasteiger charge is 2.20. The SMILES string of the molecule is CCCCOc1ccc(C(NCCc2cccnc2)C(=O)NCCc2cccnc2)cc1. The van der Waals surface area contributed by atoms with Crippen LogP contribution in [0.15, 0.2) is 73.3 Å². The number of unbranched alkanes of at least 4 members (excludes halogenated alkanes) is 1. The zero-order chi connectivity index (χ0) is 22.4. The molecule has 2 N–H and O–H groups in total. The number of amides is 1. The van der Waals surface area contributed by atoms with Crippen molar-refractivity contribution in [1.82, 2.24) is 20.6 Å². The van der Waals surface area contributed by atoms with E-state index in [0.29, 0.717) is 19.7 Å². The lowest BCUT2D eigenvalue weighted by molar-refractivity contribution is -0.123. The largest absolute Gasteiger partial charge is 0.494 e. The van der Waals surface area contributed by atoms with Crippen LogP contribution in [-0.2, 0) is 17.6 Å². The van der Waals surface area contributed by atoms with Crippen molar-refractivity contribution in [3.8, 4) is 5.75 Å². The molecule has 1 unspecified atom stereocenters. The second-order valence-corrected chi connectivity index (χ2v) is 7.67. The van der Waals surface area contributed by atoms with E-state index in [2.05, 4.69) is 27.5 Å². The Bertz CT molecular complexity index is 918. The van der Waals surface area contributed by atoms with Crippen molar-refractivity contribution >= 4 is 5.91 Å². The van der Waals surface area contributed by atoms with Gasteiger partial charge in [-0.15, -0.1) is 0 Å². The third kappa shape index (κ3) is 7.78. The van der Waals surface area contributed by atoms with E-state index in [0.717, 1.165) is 48.1 Å². The van der Waals surface area contributed by atoms with Crippen LogP contribution >= 0.6 is 0 Å². The summed E-state index contributed by atoms with van der Waals surface area (Å²) in [6, 6.07) is 15.2. The molecule has 0 saturated heterocycles. The van der Waals surface area contributed by atoms with Crippen LogP contribution in [0.5, 0.6) is 5.75 Å². The minimum Gasteiger partial charge on any atom is -0.494 e. The highest BCUT2D eigenvalue weighted by molar-refractivity contribution is 5.83. The molecule has 3 aromatic rings. The molecule has 6 heteroatoms. The fraction of sp³-hybridized carbons (Fsp3) is 0.346. The molecule has 0 bridgehead atoms. The van der Waals surface area contributed by atoms with Crippen LogP contribution < -0.4 is 15.4 Å². The Kier molecular flexibility index (Phi) is 9.68. The Balaban J connectivity index is 1.60.